The van der Waals surface area contributed by atoms with Crippen molar-refractivity contribution in [3.05, 3.63) is 34.3 Å². The summed E-state index contributed by atoms with van der Waals surface area (Å²) in [7, 11) is 0. The fraction of sp³-hybridized carbons (Fsp3) is 0.500. The van der Waals surface area contributed by atoms with Crippen molar-refractivity contribution in [2.75, 3.05) is 13.1 Å². The van der Waals surface area contributed by atoms with Crippen LogP contribution in [0.1, 0.15) is 34.7 Å². The van der Waals surface area contributed by atoms with Crippen LogP contribution in [0.15, 0.2) is 18.2 Å². The number of nitrogens with two attached hydrogens (primary N) is 2. The van der Waals surface area contributed by atoms with Crippen LogP contribution >= 0.6 is 11.6 Å². The minimum atomic E-state index is -0.485. The molecular formula is C14H18ClN3O. The summed E-state index contributed by atoms with van der Waals surface area (Å²) in [6.45, 7) is 2.16. The highest BCUT2D eigenvalue weighted by atomic mass is 35.5. The first-order valence-electron chi connectivity index (χ1n) is 6.67. The Morgan fingerprint density at radius 3 is 2.58 bits per heavy atom. The number of primary amides is 1. The summed E-state index contributed by atoms with van der Waals surface area (Å²) in [5.74, 6) is 0.390. The van der Waals surface area contributed by atoms with Gasteiger partial charge in [0.25, 0.3) is 0 Å². The van der Waals surface area contributed by atoms with Crippen LogP contribution in [0, 0.1) is 5.92 Å². The van der Waals surface area contributed by atoms with E-state index in [-0.39, 0.29) is 12.1 Å². The molecule has 4 N–H and O–H groups in total. The number of fused-ring (bicyclic) bond motifs is 3. The molecule has 3 heterocycles. The number of rotatable bonds is 2. The van der Waals surface area contributed by atoms with Crippen LogP contribution < -0.4 is 11.5 Å². The minimum Gasteiger partial charge on any atom is -0.366 e. The Morgan fingerprint density at radius 1 is 1.32 bits per heavy atom. The van der Waals surface area contributed by atoms with Crippen molar-refractivity contribution in [3.8, 4) is 0 Å². The largest absolute Gasteiger partial charge is 0.366 e. The zero-order chi connectivity index (χ0) is 13.6. The predicted octanol–water partition coefficient (Wildman–Crippen LogP) is 1.53. The van der Waals surface area contributed by atoms with E-state index in [1.165, 1.54) is 12.8 Å². The second kappa shape index (κ2) is 4.78. The molecule has 4 rings (SSSR count). The monoisotopic (exact) mass is 279 g/mol. The van der Waals surface area contributed by atoms with Gasteiger partial charge in [0.05, 0.1) is 16.8 Å². The number of carbonyl (C=O) groups excluding carboxylic acids is 1. The van der Waals surface area contributed by atoms with Crippen molar-refractivity contribution in [3.63, 3.8) is 0 Å². The van der Waals surface area contributed by atoms with E-state index in [2.05, 4.69) is 4.90 Å². The van der Waals surface area contributed by atoms with E-state index in [0.29, 0.717) is 16.5 Å². The Labute approximate surface area is 117 Å². The van der Waals surface area contributed by atoms with Crippen LogP contribution in [0.3, 0.4) is 0 Å². The van der Waals surface area contributed by atoms with Gasteiger partial charge in [0, 0.05) is 5.92 Å². The van der Waals surface area contributed by atoms with E-state index in [0.717, 1.165) is 18.7 Å². The lowest BCUT2D eigenvalue weighted by Crippen LogP contribution is -2.57. The summed E-state index contributed by atoms with van der Waals surface area (Å²) in [6, 6.07) is 5.54. The lowest BCUT2D eigenvalue weighted by Gasteiger charge is -2.49. The van der Waals surface area contributed by atoms with Gasteiger partial charge < -0.3 is 11.5 Å². The Morgan fingerprint density at radius 2 is 2.00 bits per heavy atom. The molecule has 4 nitrogen and oxygen atoms in total. The zero-order valence-corrected chi connectivity index (χ0v) is 11.4. The summed E-state index contributed by atoms with van der Waals surface area (Å²) in [5.41, 5.74) is 13.2. The fourth-order valence-corrected chi connectivity index (χ4v) is 3.70. The minimum absolute atomic E-state index is 0.0365. The van der Waals surface area contributed by atoms with Gasteiger partial charge in [-0.3, -0.25) is 9.69 Å². The van der Waals surface area contributed by atoms with E-state index >= 15 is 0 Å². The van der Waals surface area contributed by atoms with Gasteiger partial charge in [0.1, 0.15) is 0 Å². The highest BCUT2D eigenvalue weighted by molar-refractivity contribution is 6.33. The van der Waals surface area contributed by atoms with Crippen molar-refractivity contribution in [1.29, 1.82) is 0 Å². The predicted molar refractivity (Wildman–Crippen MR) is 75.0 cm³/mol. The maximum atomic E-state index is 11.4. The molecule has 0 saturated carbocycles. The van der Waals surface area contributed by atoms with Gasteiger partial charge in [-0.1, -0.05) is 17.7 Å². The van der Waals surface area contributed by atoms with Crippen LogP contribution in [0.2, 0.25) is 5.02 Å². The highest BCUT2D eigenvalue weighted by Gasteiger charge is 2.41. The van der Waals surface area contributed by atoms with E-state index in [1.807, 2.05) is 12.1 Å². The van der Waals surface area contributed by atoms with Gasteiger partial charge in [-0.2, -0.15) is 0 Å². The lowest BCUT2D eigenvalue weighted by atomic mass is 9.73. The van der Waals surface area contributed by atoms with Crippen molar-refractivity contribution in [2.45, 2.75) is 24.9 Å². The molecule has 0 aliphatic carbocycles. The Hall–Kier alpha value is -1.10. The molecular weight excluding hydrogens is 262 g/mol. The first-order valence-corrected chi connectivity index (χ1v) is 7.04. The Bertz CT molecular complexity index is 509. The number of hydrogen-bond acceptors (Lipinski definition) is 3. The normalized spacial score (nSPS) is 33.4. The average Bonchev–Trinajstić information content (AvgIpc) is 2.41. The first-order chi connectivity index (χ1) is 9.08. The third kappa shape index (κ3) is 2.14. The topological polar surface area (TPSA) is 72.4 Å². The molecule has 1 amide bonds. The molecule has 19 heavy (non-hydrogen) atoms. The molecule has 0 spiro atoms. The molecule has 0 radical (unpaired) electrons. The van der Waals surface area contributed by atoms with Crippen LogP contribution in [-0.4, -0.2) is 30.1 Å². The van der Waals surface area contributed by atoms with E-state index < -0.39 is 5.91 Å². The van der Waals surface area contributed by atoms with Crippen molar-refractivity contribution >= 4 is 17.5 Å². The molecule has 0 aromatic heterocycles. The maximum Gasteiger partial charge on any atom is 0.250 e. The third-order valence-corrected chi connectivity index (χ3v) is 4.84. The van der Waals surface area contributed by atoms with Crippen LogP contribution in [0.5, 0.6) is 0 Å². The molecule has 1 aromatic rings. The van der Waals surface area contributed by atoms with Crippen LogP contribution in [-0.2, 0) is 0 Å². The molecule has 1 aromatic carbocycles. The van der Waals surface area contributed by atoms with Gasteiger partial charge in [-0.15, -0.1) is 0 Å². The molecule has 3 saturated heterocycles. The van der Waals surface area contributed by atoms with Crippen LogP contribution in [0.25, 0.3) is 0 Å². The van der Waals surface area contributed by atoms with Gasteiger partial charge >= 0.3 is 0 Å². The van der Waals surface area contributed by atoms with E-state index in [1.54, 1.807) is 6.07 Å². The molecule has 3 aliphatic heterocycles. The number of piperidine rings is 3. The van der Waals surface area contributed by atoms with Gasteiger partial charge in [-0.05, 0) is 49.5 Å². The number of nitrogens with zero attached hydrogens (tertiary/aromatic N) is 1. The molecule has 2 atom stereocenters. The molecule has 5 heteroatoms. The summed E-state index contributed by atoms with van der Waals surface area (Å²) in [4.78, 5) is 13.7. The summed E-state index contributed by atoms with van der Waals surface area (Å²) in [6.07, 6.45) is 2.38. The average molecular weight is 280 g/mol. The second-order valence-corrected chi connectivity index (χ2v) is 5.90. The summed E-state index contributed by atoms with van der Waals surface area (Å²) >= 11 is 6.00. The number of carbonyl (C=O) groups is 1. The van der Waals surface area contributed by atoms with Gasteiger partial charge in [-0.25, -0.2) is 0 Å². The number of hydrogen-bond donors (Lipinski definition) is 2. The first kappa shape index (κ1) is 12.9. The quantitative estimate of drug-likeness (QED) is 0.862. The molecule has 2 unspecified atom stereocenters. The van der Waals surface area contributed by atoms with E-state index in [9.17, 15) is 4.79 Å². The van der Waals surface area contributed by atoms with E-state index in [4.69, 9.17) is 23.1 Å². The third-order valence-electron chi connectivity index (χ3n) is 4.51. The van der Waals surface area contributed by atoms with Crippen molar-refractivity contribution < 1.29 is 4.79 Å². The fourth-order valence-electron chi connectivity index (χ4n) is 3.49. The lowest BCUT2D eigenvalue weighted by molar-refractivity contribution is 0.0287. The molecule has 3 aliphatic rings. The van der Waals surface area contributed by atoms with Gasteiger partial charge in [0.15, 0.2) is 0 Å². The van der Waals surface area contributed by atoms with Crippen molar-refractivity contribution in [2.24, 2.45) is 17.4 Å². The number of amides is 1. The highest BCUT2D eigenvalue weighted by Crippen LogP contribution is 2.42. The van der Waals surface area contributed by atoms with Gasteiger partial charge in [0.2, 0.25) is 5.91 Å². The zero-order valence-electron chi connectivity index (χ0n) is 10.7. The molecule has 2 bridgehead atoms. The standard InChI is InChI=1S/C14H18ClN3O/c15-11-2-1-9(7-10(11)14(17)19)12-8-3-5-18(6-4-8)13(12)16/h1-2,7-8,12-13H,3-6,16H2,(H2,17,19). The Balaban J connectivity index is 1.98. The summed E-state index contributed by atoms with van der Waals surface area (Å²) in [5, 5.41) is 0.408. The molecule has 102 valence electrons. The SMILES string of the molecule is NC(=O)c1cc(C2C3CCN(CC3)C2N)ccc1Cl. The Kier molecular flexibility index (Phi) is 3.25. The number of benzene rings is 1. The second-order valence-electron chi connectivity index (χ2n) is 5.49. The smallest absolute Gasteiger partial charge is 0.250 e. The summed E-state index contributed by atoms with van der Waals surface area (Å²) < 4.78 is 0. The molecule has 3 fully saturated rings. The maximum absolute atomic E-state index is 11.4. The van der Waals surface area contributed by atoms with Crippen LogP contribution in [0.4, 0.5) is 0 Å². The van der Waals surface area contributed by atoms with Crippen molar-refractivity contribution in [1.82, 2.24) is 4.90 Å². The number of halogens is 1.